The number of nitrogens with zero attached hydrogens (tertiary/aromatic N) is 2. The van der Waals surface area contributed by atoms with Crippen molar-refractivity contribution in [2.45, 2.75) is 25.7 Å². The van der Waals surface area contributed by atoms with E-state index < -0.39 is 0 Å². The predicted octanol–water partition coefficient (Wildman–Crippen LogP) is 2.12. The van der Waals surface area contributed by atoms with Crippen LogP contribution in [0.2, 0.25) is 0 Å². The van der Waals surface area contributed by atoms with Crippen LogP contribution in [0.4, 0.5) is 0 Å². The highest BCUT2D eigenvalue weighted by molar-refractivity contribution is 5.15. The Labute approximate surface area is 74.1 Å². The first-order chi connectivity index (χ1) is 5.79. The molecule has 0 bridgehead atoms. The Bertz CT molecular complexity index is 198. The van der Waals surface area contributed by atoms with Crippen molar-refractivity contribution in [1.82, 2.24) is 10.0 Å². The molecule has 0 aromatic rings. The van der Waals surface area contributed by atoms with Gasteiger partial charge in [-0.25, -0.2) is 0 Å². The lowest BCUT2D eigenvalue weighted by Gasteiger charge is -2.29. The Balaban J connectivity index is 2.17. The van der Waals surface area contributed by atoms with Crippen LogP contribution in [0.15, 0.2) is 24.6 Å². The van der Waals surface area contributed by atoms with E-state index in [9.17, 15) is 0 Å². The molecule has 0 N–H and O–H groups in total. The Hall–Kier alpha value is -0.920. The minimum Gasteiger partial charge on any atom is -0.290 e. The van der Waals surface area contributed by atoms with Crippen LogP contribution >= 0.6 is 0 Å². The number of fused-ring (bicyclic) bond motifs is 1. The molecule has 0 unspecified atom stereocenters. The van der Waals surface area contributed by atoms with Crippen LogP contribution in [-0.2, 0) is 0 Å². The molecule has 12 heavy (non-hydrogen) atoms. The molecule has 2 nitrogen and oxygen atoms in total. The van der Waals surface area contributed by atoms with E-state index in [1.807, 2.05) is 0 Å². The van der Waals surface area contributed by atoms with Gasteiger partial charge in [0.1, 0.15) is 0 Å². The van der Waals surface area contributed by atoms with Crippen molar-refractivity contribution in [1.29, 1.82) is 0 Å². The van der Waals surface area contributed by atoms with Crippen molar-refractivity contribution in [3.8, 4) is 0 Å². The van der Waals surface area contributed by atoms with Crippen molar-refractivity contribution in [3.63, 3.8) is 0 Å². The van der Waals surface area contributed by atoms with Gasteiger partial charge in [0, 0.05) is 30.9 Å². The summed E-state index contributed by atoms with van der Waals surface area (Å²) < 4.78 is 0. The summed E-state index contributed by atoms with van der Waals surface area (Å²) in [5.74, 6) is 0. The second-order valence-electron chi connectivity index (χ2n) is 3.62. The second-order valence-corrected chi connectivity index (χ2v) is 3.62. The molecule has 0 radical (unpaired) electrons. The van der Waals surface area contributed by atoms with Crippen LogP contribution in [0.1, 0.15) is 25.7 Å². The monoisotopic (exact) mass is 164 g/mol. The summed E-state index contributed by atoms with van der Waals surface area (Å²) in [6.07, 6.45) is 4.90. The van der Waals surface area contributed by atoms with Gasteiger partial charge in [-0.2, -0.15) is 0 Å². The molecule has 0 aromatic heterocycles. The first-order valence-electron chi connectivity index (χ1n) is 4.69. The predicted molar refractivity (Wildman–Crippen MR) is 50.2 cm³/mol. The molecule has 2 rings (SSSR count). The van der Waals surface area contributed by atoms with Crippen LogP contribution < -0.4 is 0 Å². The summed E-state index contributed by atoms with van der Waals surface area (Å²) in [4.78, 5) is 0. The summed E-state index contributed by atoms with van der Waals surface area (Å²) in [5, 5.41) is 4.60. The first-order valence-corrected chi connectivity index (χ1v) is 4.69. The number of hydrogen-bond donors (Lipinski definition) is 0. The average molecular weight is 164 g/mol. The van der Waals surface area contributed by atoms with E-state index in [0.717, 1.165) is 19.5 Å². The molecular formula is C10H16N2. The first kappa shape index (κ1) is 7.71. The molecule has 0 amide bonds. The fourth-order valence-electron chi connectivity index (χ4n) is 2.02. The third kappa shape index (κ3) is 1.11. The Morgan fingerprint density at radius 2 is 1.33 bits per heavy atom. The minimum atomic E-state index is 0.972. The third-order valence-corrected chi connectivity index (χ3v) is 2.67. The van der Waals surface area contributed by atoms with Gasteiger partial charge in [-0.05, 0) is 19.3 Å². The van der Waals surface area contributed by atoms with Gasteiger partial charge in [-0.15, -0.1) is 0 Å². The van der Waals surface area contributed by atoms with Crippen molar-refractivity contribution in [2.24, 2.45) is 0 Å². The molecule has 0 aliphatic carbocycles. The van der Waals surface area contributed by atoms with Gasteiger partial charge in [0.05, 0.1) is 0 Å². The van der Waals surface area contributed by atoms with Gasteiger partial charge >= 0.3 is 0 Å². The van der Waals surface area contributed by atoms with Crippen LogP contribution in [0.3, 0.4) is 0 Å². The van der Waals surface area contributed by atoms with Crippen molar-refractivity contribution in [3.05, 3.63) is 24.6 Å². The topological polar surface area (TPSA) is 6.48 Å². The molecule has 2 heteroatoms. The maximum Gasteiger partial charge on any atom is 0.0392 e. The molecule has 0 saturated carbocycles. The van der Waals surface area contributed by atoms with Crippen LogP contribution in [0.25, 0.3) is 0 Å². The van der Waals surface area contributed by atoms with Crippen LogP contribution in [0, 0.1) is 0 Å². The number of hydrogen-bond acceptors (Lipinski definition) is 2. The molecule has 2 aliphatic rings. The van der Waals surface area contributed by atoms with E-state index >= 15 is 0 Å². The molecule has 2 saturated heterocycles. The SMILES string of the molecule is C=C1CC(=C)N2CCCCCN12. The highest BCUT2D eigenvalue weighted by Gasteiger charge is 2.27. The molecule has 2 fully saturated rings. The smallest absolute Gasteiger partial charge is 0.0392 e. The zero-order valence-electron chi connectivity index (χ0n) is 7.55. The summed E-state index contributed by atoms with van der Waals surface area (Å²) in [6, 6.07) is 0. The van der Waals surface area contributed by atoms with E-state index in [2.05, 4.69) is 23.2 Å². The Morgan fingerprint density at radius 3 is 1.83 bits per heavy atom. The molecule has 66 valence electrons. The summed E-state index contributed by atoms with van der Waals surface area (Å²) in [6.45, 7) is 10.4. The molecule has 2 aliphatic heterocycles. The highest BCUT2D eigenvalue weighted by Crippen LogP contribution is 2.30. The molecular weight excluding hydrogens is 148 g/mol. The lowest BCUT2D eigenvalue weighted by molar-refractivity contribution is 0.0904. The normalized spacial score (nSPS) is 24.3. The number of hydrazine groups is 1. The van der Waals surface area contributed by atoms with Crippen molar-refractivity contribution < 1.29 is 0 Å². The maximum atomic E-state index is 4.05. The molecule has 2 heterocycles. The average Bonchev–Trinajstić information content (AvgIpc) is 2.29. The molecule has 0 aromatic carbocycles. The summed E-state index contributed by atoms with van der Waals surface area (Å²) in [5.41, 5.74) is 2.45. The highest BCUT2D eigenvalue weighted by atomic mass is 15.7. The molecule has 0 spiro atoms. The van der Waals surface area contributed by atoms with E-state index in [1.165, 1.54) is 30.7 Å². The van der Waals surface area contributed by atoms with E-state index in [-0.39, 0.29) is 0 Å². The fourth-order valence-corrected chi connectivity index (χ4v) is 2.02. The minimum absolute atomic E-state index is 0.972. The zero-order valence-corrected chi connectivity index (χ0v) is 7.55. The standard InChI is InChI=1S/C10H16N2/c1-9-8-10(2)12-7-5-3-4-6-11(9)12/h1-8H2. The zero-order chi connectivity index (χ0) is 8.55. The largest absolute Gasteiger partial charge is 0.290 e. The van der Waals surface area contributed by atoms with E-state index in [0.29, 0.717) is 0 Å². The lowest BCUT2D eigenvalue weighted by Crippen LogP contribution is -2.33. The molecule has 0 atom stereocenters. The van der Waals surface area contributed by atoms with Gasteiger partial charge in [0.15, 0.2) is 0 Å². The van der Waals surface area contributed by atoms with Crippen molar-refractivity contribution >= 4 is 0 Å². The van der Waals surface area contributed by atoms with Crippen LogP contribution in [-0.4, -0.2) is 23.1 Å². The third-order valence-electron chi connectivity index (χ3n) is 2.67. The van der Waals surface area contributed by atoms with Gasteiger partial charge in [-0.1, -0.05) is 13.2 Å². The van der Waals surface area contributed by atoms with Gasteiger partial charge < -0.3 is 0 Å². The fraction of sp³-hybridized carbons (Fsp3) is 0.600. The van der Waals surface area contributed by atoms with Gasteiger partial charge in [-0.3, -0.25) is 10.0 Å². The number of rotatable bonds is 0. The maximum absolute atomic E-state index is 4.05. The lowest BCUT2D eigenvalue weighted by atomic mass is 10.2. The van der Waals surface area contributed by atoms with Crippen LogP contribution in [0.5, 0.6) is 0 Å². The summed E-state index contributed by atoms with van der Waals surface area (Å²) >= 11 is 0. The second kappa shape index (κ2) is 2.85. The Morgan fingerprint density at radius 1 is 0.833 bits per heavy atom. The summed E-state index contributed by atoms with van der Waals surface area (Å²) in [7, 11) is 0. The van der Waals surface area contributed by atoms with Crippen molar-refractivity contribution in [2.75, 3.05) is 13.1 Å². The van der Waals surface area contributed by atoms with E-state index in [4.69, 9.17) is 0 Å². The van der Waals surface area contributed by atoms with E-state index in [1.54, 1.807) is 0 Å². The quantitative estimate of drug-likeness (QED) is 0.541. The van der Waals surface area contributed by atoms with Gasteiger partial charge in [0.2, 0.25) is 0 Å². The Kier molecular flexibility index (Phi) is 1.83. The van der Waals surface area contributed by atoms with Gasteiger partial charge in [0.25, 0.3) is 0 Å².